The van der Waals surface area contributed by atoms with Gasteiger partial charge in [-0.1, -0.05) is 18.2 Å². The van der Waals surface area contributed by atoms with Gasteiger partial charge in [-0.05, 0) is 37.0 Å². The summed E-state index contributed by atoms with van der Waals surface area (Å²) >= 11 is 0. The van der Waals surface area contributed by atoms with Crippen molar-refractivity contribution >= 4 is 0 Å². The molecule has 3 nitrogen and oxygen atoms in total. The number of rotatable bonds is 8. The van der Waals surface area contributed by atoms with Crippen LogP contribution in [0.1, 0.15) is 16.7 Å². The van der Waals surface area contributed by atoms with Crippen LogP contribution in [-0.2, 0) is 11.2 Å². The van der Waals surface area contributed by atoms with Crippen molar-refractivity contribution in [3.05, 3.63) is 34.9 Å². The zero-order chi connectivity index (χ0) is 16.0. The minimum Gasteiger partial charge on any atom is -0.373 e. The van der Waals surface area contributed by atoms with Crippen molar-refractivity contribution in [3.63, 3.8) is 0 Å². The Morgan fingerprint density at radius 3 is 2.43 bits per heavy atom. The Labute approximate surface area is 121 Å². The van der Waals surface area contributed by atoms with Crippen LogP contribution in [0, 0.1) is 13.8 Å². The van der Waals surface area contributed by atoms with Crippen LogP contribution in [0.2, 0.25) is 0 Å². The minimum absolute atomic E-state index is 0.175. The van der Waals surface area contributed by atoms with Crippen molar-refractivity contribution in [3.8, 4) is 0 Å². The largest absolute Gasteiger partial charge is 0.373 e. The van der Waals surface area contributed by atoms with E-state index in [0.717, 1.165) is 16.7 Å². The van der Waals surface area contributed by atoms with Crippen LogP contribution in [0.25, 0.3) is 0 Å². The lowest BCUT2D eigenvalue weighted by atomic mass is 10.0. The maximum absolute atomic E-state index is 12.7. The Morgan fingerprint density at radius 2 is 1.90 bits per heavy atom. The SMILES string of the molecule is Cc1ccc(CC(COCC(F)(F)C(F)F)NN)cc1C. The minimum atomic E-state index is -4.14. The van der Waals surface area contributed by atoms with E-state index in [0.29, 0.717) is 6.42 Å². The number of halogens is 4. The molecule has 0 aliphatic carbocycles. The molecule has 3 N–H and O–H groups in total. The van der Waals surface area contributed by atoms with Gasteiger partial charge in [0.2, 0.25) is 0 Å². The van der Waals surface area contributed by atoms with Gasteiger partial charge in [0.1, 0.15) is 6.61 Å². The zero-order valence-corrected chi connectivity index (χ0v) is 12.0. The van der Waals surface area contributed by atoms with Gasteiger partial charge < -0.3 is 4.74 Å². The topological polar surface area (TPSA) is 47.3 Å². The van der Waals surface area contributed by atoms with Gasteiger partial charge in [0.05, 0.1) is 6.61 Å². The molecule has 120 valence electrons. The van der Waals surface area contributed by atoms with E-state index in [2.05, 4.69) is 10.2 Å². The fraction of sp³-hybridized carbons (Fsp3) is 0.571. The van der Waals surface area contributed by atoms with Crippen molar-refractivity contribution in [1.29, 1.82) is 0 Å². The summed E-state index contributed by atoms with van der Waals surface area (Å²) in [6.07, 6.45) is -3.28. The molecule has 0 radical (unpaired) electrons. The monoisotopic (exact) mass is 308 g/mol. The van der Waals surface area contributed by atoms with Gasteiger partial charge in [0.25, 0.3) is 0 Å². The average Bonchev–Trinajstić information content (AvgIpc) is 2.41. The third kappa shape index (κ3) is 5.61. The number of hydrazine groups is 1. The maximum atomic E-state index is 12.7. The summed E-state index contributed by atoms with van der Waals surface area (Å²) in [6, 6.07) is 5.39. The van der Waals surface area contributed by atoms with E-state index in [-0.39, 0.29) is 6.61 Å². The molecule has 1 aromatic rings. The van der Waals surface area contributed by atoms with Gasteiger partial charge in [-0.15, -0.1) is 0 Å². The summed E-state index contributed by atoms with van der Waals surface area (Å²) in [4.78, 5) is 0. The van der Waals surface area contributed by atoms with Gasteiger partial charge in [-0.25, -0.2) is 8.78 Å². The number of hydrogen-bond donors (Lipinski definition) is 2. The average molecular weight is 308 g/mol. The maximum Gasteiger partial charge on any atom is 0.330 e. The molecule has 0 heterocycles. The first-order valence-corrected chi connectivity index (χ1v) is 6.52. The first kappa shape index (κ1) is 17.9. The molecule has 1 rings (SSSR count). The molecule has 0 spiro atoms. The predicted octanol–water partition coefficient (Wildman–Crippen LogP) is 2.59. The highest BCUT2D eigenvalue weighted by atomic mass is 19.3. The van der Waals surface area contributed by atoms with Gasteiger partial charge in [0, 0.05) is 6.04 Å². The third-order valence-corrected chi connectivity index (χ3v) is 3.22. The second-order valence-electron chi connectivity index (χ2n) is 5.06. The summed E-state index contributed by atoms with van der Waals surface area (Å²) in [5.41, 5.74) is 5.65. The van der Waals surface area contributed by atoms with Crippen LogP contribution in [0.15, 0.2) is 18.2 Å². The number of nitrogens with one attached hydrogen (secondary N) is 1. The van der Waals surface area contributed by atoms with Gasteiger partial charge in [0.15, 0.2) is 0 Å². The molecule has 1 aromatic carbocycles. The van der Waals surface area contributed by atoms with Crippen LogP contribution >= 0.6 is 0 Å². The van der Waals surface area contributed by atoms with Crippen molar-refractivity contribution in [2.45, 2.75) is 38.7 Å². The quantitative estimate of drug-likeness (QED) is 0.441. The highest BCUT2D eigenvalue weighted by Crippen LogP contribution is 2.23. The number of alkyl halides is 4. The lowest BCUT2D eigenvalue weighted by Crippen LogP contribution is -2.42. The van der Waals surface area contributed by atoms with E-state index >= 15 is 0 Å². The van der Waals surface area contributed by atoms with E-state index in [1.165, 1.54) is 0 Å². The van der Waals surface area contributed by atoms with Crippen molar-refractivity contribution in [2.24, 2.45) is 5.84 Å². The molecule has 0 aromatic heterocycles. The Morgan fingerprint density at radius 1 is 1.24 bits per heavy atom. The first-order chi connectivity index (χ1) is 9.76. The summed E-state index contributed by atoms with van der Waals surface area (Å²) in [6.45, 7) is 2.44. The van der Waals surface area contributed by atoms with E-state index < -0.39 is 25.0 Å². The van der Waals surface area contributed by atoms with Crippen molar-refractivity contribution in [1.82, 2.24) is 5.43 Å². The van der Waals surface area contributed by atoms with Crippen molar-refractivity contribution in [2.75, 3.05) is 13.2 Å². The predicted molar refractivity (Wildman–Crippen MR) is 72.5 cm³/mol. The molecule has 0 aliphatic heterocycles. The number of nitrogens with two attached hydrogens (primary N) is 1. The standard InChI is InChI=1S/C14H20F4N2O/c1-9-3-4-11(5-10(9)2)6-12(20-19)7-21-8-14(17,18)13(15)16/h3-5,12-13,20H,6-8,19H2,1-2H3. The van der Waals surface area contributed by atoms with Crippen LogP contribution in [-0.4, -0.2) is 31.6 Å². The van der Waals surface area contributed by atoms with Crippen molar-refractivity contribution < 1.29 is 22.3 Å². The molecule has 7 heteroatoms. The zero-order valence-electron chi connectivity index (χ0n) is 12.0. The molecule has 0 amide bonds. The van der Waals surface area contributed by atoms with E-state index in [4.69, 9.17) is 5.84 Å². The van der Waals surface area contributed by atoms with Crippen LogP contribution in [0.5, 0.6) is 0 Å². The Bertz CT molecular complexity index is 455. The third-order valence-electron chi connectivity index (χ3n) is 3.22. The molecular formula is C14H20F4N2O. The van der Waals surface area contributed by atoms with Gasteiger partial charge in [-0.2, -0.15) is 8.78 Å². The lowest BCUT2D eigenvalue weighted by Gasteiger charge is -2.19. The summed E-state index contributed by atoms with van der Waals surface area (Å²) in [5.74, 6) is 1.19. The molecule has 0 fully saturated rings. The fourth-order valence-electron chi connectivity index (χ4n) is 1.78. The molecule has 0 aliphatic rings. The lowest BCUT2D eigenvalue weighted by molar-refractivity contribution is -0.167. The molecular weight excluding hydrogens is 288 g/mol. The molecule has 21 heavy (non-hydrogen) atoms. The second-order valence-corrected chi connectivity index (χ2v) is 5.06. The van der Waals surface area contributed by atoms with Crippen LogP contribution < -0.4 is 11.3 Å². The molecule has 1 unspecified atom stereocenters. The highest BCUT2D eigenvalue weighted by Gasteiger charge is 2.41. The second kappa shape index (κ2) is 7.72. The Kier molecular flexibility index (Phi) is 6.57. The normalized spacial score (nSPS) is 13.7. The number of aryl methyl sites for hydroxylation is 2. The fourth-order valence-corrected chi connectivity index (χ4v) is 1.78. The Hall–Kier alpha value is -1.18. The van der Waals surface area contributed by atoms with E-state index in [9.17, 15) is 17.6 Å². The smallest absolute Gasteiger partial charge is 0.330 e. The van der Waals surface area contributed by atoms with Crippen LogP contribution in [0.4, 0.5) is 17.6 Å². The summed E-state index contributed by atoms with van der Waals surface area (Å²) in [7, 11) is 0. The first-order valence-electron chi connectivity index (χ1n) is 6.52. The summed E-state index contributed by atoms with van der Waals surface area (Å²) in [5, 5.41) is 0. The van der Waals surface area contributed by atoms with E-state index in [1.54, 1.807) is 0 Å². The molecule has 0 saturated heterocycles. The Balaban J connectivity index is 2.50. The summed E-state index contributed by atoms with van der Waals surface area (Å²) < 4.78 is 54.0. The van der Waals surface area contributed by atoms with Gasteiger partial charge >= 0.3 is 12.3 Å². The molecule has 0 saturated carbocycles. The van der Waals surface area contributed by atoms with Crippen LogP contribution in [0.3, 0.4) is 0 Å². The number of ether oxygens (including phenoxy) is 1. The molecule has 1 atom stereocenters. The number of benzene rings is 1. The highest BCUT2D eigenvalue weighted by molar-refractivity contribution is 5.30. The molecule has 0 bridgehead atoms. The van der Waals surface area contributed by atoms with E-state index in [1.807, 2.05) is 32.0 Å². The van der Waals surface area contributed by atoms with Gasteiger partial charge in [-0.3, -0.25) is 11.3 Å². The number of hydrogen-bond acceptors (Lipinski definition) is 3.